The smallest absolute Gasteiger partial charge is 0.251 e. The second-order valence-electron chi connectivity index (χ2n) is 6.78. The van der Waals surface area contributed by atoms with E-state index >= 15 is 0 Å². The van der Waals surface area contributed by atoms with Crippen molar-refractivity contribution in [1.29, 1.82) is 0 Å². The highest BCUT2D eigenvalue weighted by atomic mass is 32.2. The lowest BCUT2D eigenvalue weighted by molar-refractivity contribution is -0.113. The van der Waals surface area contributed by atoms with Crippen LogP contribution in [-0.2, 0) is 17.9 Å². The number of carbonyl (C=O) groups is 2. The van der Waals surface area contributed by atoms with Gasteiger partial charge >= 0.3 is 0 Å². The molecule has 2 N–H and O–H groups in total. The second-order valence-corrected chi connectivity index (χ2v) is 8.90. The van der Waals surface area contributed by atoms with E-state index in [0.717, 1.165) is 17.8 Å². The number of nitrogens with one attached hydrogen (secondary N) is 2. The van der Waals surface area contributed by atoms with Crippen molar-refractivity contribution in [2.75, 3.05) is 18.2 Å². The molecule has 0 fully saturated rings. The summed E-state index contributed by atoms with van der Waals surface area (Å²) in [5, 5.41) is 23.7. The largest absolute Gasteiger partial charge is 0.497 e. The number of rotatable bonds is 11. The first kappa shape index (κ1) is 23.7. The third-order valence-corrected chi connectivity index (χ3v) is 6.11. The molecule has 0 bridgehead atoms. The Labute approximate surface area is 194 Å². The summed E-state index contributed by atoms with van der Waals surface area (Å²) in [6, 6.07) is 6.88. The van der Waals surface area contributed by atoms with Gasteiger partial charge in [0.25, 0.3) is 5.91 Å². The molecule has 1 aromatic carbocycles. The number of nitrogens with zero attached hydrogens (tertiary/aromatic N) is 5. The van der Waals surface area contributed by atoms with Gasteiger partial charge in [-0.1, -0.05) is 36.4 Å². The molecule has 0 aliphatic rings. The summed E-state index contributed by atoms with van der Waals surface area (Å²) in [6.45, 7) is 4.86. The van der Waals surface area contributed by atoms with Crippen molar-refractivity contribution in [3.63, 3.8) is 0 Å². The highest BCUT2D eigenvalue weighted by Crippen LogP contribution is 2.20. The summed E-state index contributed by atoms with van der Waals surface area (Å²) in [4.78, 5) is 24.7. The number of hydrogen-bond acceptors (Lipinski definition) is 9. The molecule has 0 spiro atoms. The highest BCUT2D eigenvalue weighted by Gasteiger charge is 2.16. The van der Waals surface area contributed by atoms with Gasteiger partial charge in [0.05, 0.1) is 19.4 Å². The van der Waals surface area contributed by atoms with Crippen LogP contribution in [0.25, 0.3) is 0 Å². The van der Waals surface area contributed by atoms with Crippen LogP contribution in [0.5, 0.6) is 5.75 Å². The number of aromatic nitrogens is 5. The van der Waals surface area contributed by atoms with Crippen LogP contribution in [0.3, 0.4) is 0 Å². The molecule has 0 aliphatic heterocycles. The molecular formula is C20H25N7O3S2. The Morgan fingerprint density at radius 1 is 1.16 bits per heavy atom. The van der Waals surface area contributed by atoms with E-state index in [9.17, 15) is 9.59 Å². The van der Waals surface area contributed by atoms with Gasteiger partial charge < -0.3 is 14.6 Å². The Bertz CT molecular complexity index is 1050. The van der Waals surface area contributed by atoms with Gasteiger partial charge in [-0.05, 0) is 37.6 Å². The van der Waals surface area contributed by atoms with Crippen LogP contribution in [0, 0.1) is 6.92 Å². The number of aryl methyl sites for hydroxylation is 1. The minimum atomic E-state index is -0.210. The van der Waals surface area contributed by atoms with Gasteiger partial charge in [-0.15, -0.1) is 20.4 Å². The molecule has 0 saturated carbocycles. The van der Waals surface area contributed by atoms with Crippen molar-refractivity contribution in [3.05, 3.63) is 40.7 Å². The lowest BCUT2D eigenvalue weighted by Gasteiger charge is -2.10. The van der Waals surface area contributed by atoms with Crippen LogP contribution >= 0.6 is 23.1 Å². The van der Waals surface area contributed by atoms with Crippen LogP contribution < -0.4 is 15.4 Å². The predicted molar refractivity (Wildman–Crippen MR) is 123 cm³/mol. The Balaban J connectivity index is 1.60. The highest BCUT2D eigenvalue weighted by molar-refractivity contribution is 7.99. The fourth-order valence-electron chi connectivity index (χ4n) is 2.73. The number of ether oxygens (including phenoxy) is 1. The molecule has 2 heterocycles. The fourth-order valence-corrected chi connectivity index (χ4v) is 4.13. The van der Waals surface area contributed by atoms with E-state index in [2.05, 4.69) is 38.0 Å². The molecule has 12 heteroatoms. The van der Waals surface area contributed by atoms with Gasteiger partial charge in [-0.25, -0.2) is 0 Å². The summed E-state index contributed by atoms with van der Waals surface area (Å²) < 4.78 is 7.07. The first-order chi connectivity index (χ1) is 15.5. The summed E-state index contributed by atoms with van der Waals surface area (Å²) in [5.74, 6) is 1.10. The number of methoxy groups -OCH3 is 1. The first-order valence-corrected chi connectivity index (χ1v) is 11.9. The zero-order chi connectivity index (χ0) is 22.9. The van der Waals surface area contributed by atoms with Crippen LogP contribution in [-0.4, -0.2) is 49.6 Å². The Kier molecular flexibility index (Phi) is 8.56. The molecule has 0 aliphatic carbocycles. The van der Waals surface area contributed by atoms with E-state index in [-0.39, 0.29) is 24.1 Å². The van der Waals surface area contributed by atoms with Crippen molar-refractivity contribution < 1.29 is 14.3 Å². The quantitative estimate of drug-likeness (QED) is 0.406. The second kappa shape index (κ2) is 11.6. The molecular weight excluding hydrogens is 450 g/mol. The first-order valence-electron chi connectivity index (χ1n) is 10.1. The molecule has 3 aromatic rings. The number of unbranched alkanes of at least 4 members (excludes halogenated alkanes) is 1. The van der Waals surface area contributed by atoms with Crippen molar-refractivity contribution >= 4 is 40.0 Å². The van der Waals surface area contributed by atoms with E-state index in [4.69, 9.17) is 4.74 Å². The van der Waals surface area contributed by atoms with E-state index in [1.165, 1.54) is 23.1 Å². The van der Waals surface area contributed by atoms with Gasteiger partial charge in [0.1, 0.15) is 10.8 Å². The van der Waals surface area contributed by atoms with Crippen LogP contribution in [0.1, 0.15) is 41.0 Å². The summed E-state index contributed by atoms with van der Waals surface area (Å²) in [6.07, 6.45) is 1.93. The average molecular weight is 476 g/mol. The average Bonchev–Trinajstić information content (AvgIpc) is 3.39. The zero-order valence-corrected chi connectivity index (χ0v) is 19.8. The Hall–Kier alpha value is -2.99. The van der Waals surface area contributed by atoms with Gasteiger partial charge in [0.15, 0.2) is 11.0 Å². The molecule has 3 rings (SSSR count). The van der Waals surface area contributed by atoms with Gasteiger partial charge in [-0.3, -0.25) is 14.9 Å². The minimum absolute atomic E-state index is 0.168. The maximum absolute atomic E-state index is 12.5. The Morgan fingerprint density at radius 2 is 1.94 bits per heavy atom. The van der Waals surface area contributed by atoms with Crippen LogP contribution in [0.2, 0.25) is 0 Å². The molecule has 10 nitrogen and oxygen atoms in total. The molecule has 0 unspecified atom stereocenters. The van der Waals surface area contributed by atoms with Crippen LogP contribution in [0.15, 0.2) is 29.4 Å². The third kappa shape index (κ3) is 6.50. The summed E-state index contributed by atoms with van der Waals surface area (Å²) in [7, 11) is 1.58. The minimum Gasteiger partial charge on any atom is -0.497 e. The number of hydrogen-bond donors (Lipinski definition) is 2. The Morgan fingerprint density at radius 3 is 2.59 bits per heavy atom. The third-order valence-electron chi connectivity index (χ3n) is 4.39. The molecule has 0 saturated heterocycles. The van der Waals surface area contributed by atoms with E-state index in [1.54, 1.807) is 31.4 Å². The maximum Gasteiger partial charge on any atom is 0.251 e. The summed E-state index contributed by atoms with van der Waals surface area (Å²) >= 11 is 2.62. The fraction of sp³-hybridized carbons (Fsp3) is 0.400. The van der Waals surface area contributed by atoms with E-state index < -0.39 is 0 Å². The van der Waals surface area contributed by atoms with E-state index in [1.807, 2.05) is 11.5 Å². The molecule has 0 radical (unpaired) electrons. The monoisotopic (exact) mass is 475 g/mol. The van der Waals surface area contributed by atoms with Crippen molar-refractivity contribution in [2.45, 2.75) is 44.9 Å². The van der Waals surface area contributed by atoms with Crippen molar-refractivity contribution in [2.24, 2.45) is 0 Å². The van der Waals surface area contributed by atoms with Gasteiger partial charge in [-0.2, -0.15) is 0 Å². The molecule has 2 amide bonds. The van der Waals surface area contributed by atoms with Crippen molar-refractivity contribution in [3.8, 4) is 5.75 Å². The topological polar surface area (TPSA) is 124 Å². The molecule has 32 heavy (non-hydrogen) atoms. The number of anilines is 1. The molecule has 170 valence electrons. The zero-order valence-electron chi connectivity index (χ0n) is 18.1. The number of thioether (sulfide) groups is 1. The lowest BCUT2D eigenvalue weighted by atomic mass is 10.2. The predicted octanol–water partition coefficient (Wildman–Crippen LogP) is 2.91. The molecule has 0 atom stereocenters. The SMILES string of the molecule is CCCCn1c(CNC(=O)c2ccc(OC)cc2)nnc1SCC(=O)Nc1nnc(C)s1. The number of carbonyl (C=O) groups excluding carboxylic acids is 2. The lowest BCUT2D eigenvalue weighted by Crippen LogP contribution is -2.25. The van der Waals surface area contributed by atoms with Gasteiger partial charge in [0.2, 0.25) is 11.0 Å². The van der Waals surface area contributed by atoms with Gasteiger partial charge in [0, 0.05) is 12.1 Å². The van der Waals surface area contributed by atoms with Crippen LogP contribution in [0.4, 0.5) is 5.13 Å². The molecule has 2 aromatic heterocycles. The normalized spacial score (nSPS) is 10.7. The number of amides is 2. The maximum atomic E-state index is 12.5. The summed E-state index contributed by atoms with van der Waals surface area (Å²) in [5.41, 5.74) is 0.531. The van der Waals surface area contributed by atoms with E-state index in [0.29, 0.717) is 34.0 Å². The standard InChI is InChI=1S/C20H25N7O3S2/c1-4-5-10-27-16(11-21-18(29)14-6-8-15(30-3)9-7-14)24-26-20(27)31-12-17(28)22-19-25-23-13(2)32-19/h6-9H,4-5,10-12H2,1-3H3,(H,21,29)(H,22,25,28). The number of benzene rings is 1. The van der Waals surface area contributed by atoms with Crippen molar-refractivity contribution in [1.82, 2.24) is 30.3 Å².